The number of nitrogens with zero attached hydrogens (tertiary/aromatic N) is 1. The molecule has 2 saturated heterocycles. The summed E-state index contributed by atoms with van der Waals surface area (Å²) in [5.41, 5.74) is 7.38. The molecule has 0 radical (unpaired) electrons. The van der Waals surface area contributed by atoms with E-state index in [9.17, 15) is 4.79 Å². The third kappa shape index (κ3) is 4.37. The fraction of sp³-hybridized carbons (Fsp3) is 0.519. The summed E-state index contributed by atoms with van der Waals surface area (Å²) in [4.78, 5) is 14.9. The Balaban J connectivity index is 1.31. The SMILES string of the molecule is CC1(C)OB(c2ccc(O[C@H]3[C@@H]4CC[C@H]3CN(Cc3ccccc3)C4)c(C(N)=O)c2)OC1(C)C. The molecule has 2 aromatic carbocycles. The van der Waals surface area contributed by atoms with E-state index in [2.05, 4.69) is 35.2 Å². The number of amides is 1. The van der Waals surface area contributed by atoms with Gasteiger partial charge >= 0.3 is 7.12 Å². The Kier molecular flexibility index (Phi) is 5.99. The number of carbonyl (C=O) groups is 1. The second-order valence-corrected chi connectivity index (χ2v) is 11.1. The van der Waals surface area contributed by atoms with Crippen molar-refractivity contribution in [1.82, 2.24) is 4.90 Å². The molecule has 3 aliphatic rings. The summed E-state index contributed by atoms with van der Waals surface area (Å²) >= 11 is 0. The van der Waals surface area contributed by atoms with Crippen molar-refractivity contribution in [2.45, 2.75) is 64.4 Å². The van der Waals surface area contributed by atoms with Gasteiger partial charge in [-0.25, -0.2) is 0 Å². The van der Waals surface area contributed by atoms with Crippen LogP contribution in [0.2, 0.25) is 0 Å². The molecule has 3 atom stereocenters. The molecule has 3 fully saturated rings. The van der Waals surface area contributed by atoms with Crippen LogP contribution in [0.3, 0.4) is 0 Å². The number of fused-ring (bicyclic) bond motifs is 2. The number of likely N-dealkylation sites (tertiary alicyclic amines) is 1. The first-order chi connectivity index (χ1) is 16.1. The van der Waals surface area contributed by atoms with Gasteiger partial charge in [-0.3, -0.25) is 9.69 Å². The highest BCUT2D eigenvalue weighted by Crippen LogP contribution is 2.41. The van der Waals surface area contributed by atoms with Gasteiger partial charge in [-0.05, 0) is 63.7 Å². The fourth-order valence-corrected chi connectivity index (χ4v) is 5.55. The summed E-state index contributed by atoms with van der Waals surface area (Å²) in [5, 5.41) is 0. The van der Waals surface area contributed by atoms with Crippen LogP contribution >= 0.6 is 0 Å². The summed E-state index contributed by atoms with van der Waals surface area (Å²) in [5.74, 6) is 0.963. The van der Waals surface area contributed by atoms with Crippen LogP contribution in [0.1, 0.15) is 56.5 Å². The molecule has 2 N–H and O–H groups in total. The highest BCUT2D eigenvalue weighted by atomic mass is 16.7. The van der Waals surface area contributed by atoms with Crippen LogP contribution in [0.15, 0.2) is 48.5 Å². The Hall–Kier alpha value is -2.35. The number of primary amides is 1. The lowest BCUT2D eigenvalue weighted by Gasteiger charge is -2.38. The van der Waals surface area contributed by atoms with Crippen molar-refractivity contribution < 1.29 is 18.8 Å². The first-order valence-corrected chi connectivity index (χ1v) is 12.4. The number of benzene rings is 2. The van der Waals surface area contributed by atoms with Crippen molar-refractivity contribution in [3.8, 4) is 5.75 Å². The smallest absolute Gasteiger partial charge is 0.489 e. The third-order valence-electron chi connectivity index (χ3n) is 8.13. The number of carbonyl (C=O) groups excluding carboxylic acids is 1. The van der Waals surface area contributed by atoms with Gasteiger partial charge < -0.3 is 19.8 Å². The van der Waals surface area contributed by atoms with Crippen molar-refractivity contribution >= 4 is 18.5 Å². The minimum Gasteiger partial charge on any atom is -0.489 e. The molecule has 2 bridgehead atoms. The molecule has 0 aromatic heterocycles. The van der Waals surface area contributed by atoms with Crippen LogP contribution in [-0.4, -0.2) is 48.3 Å². The molecule has 5 rings (SSSR count). The van der Waals surface area contributed by atoms with Crippen molar-refractivity contribution in [3.63, 3.8) is 0 Å². The van der Waals surface area contributed by atoms with E-state index in [0.717, 1.165) is 37.9 Å². The predicted octanol–water partition coefficient (Wildman–Crippen LogP) is 3.37. The maximum atomic E-state index is 12.4. The van der Waals surface area contributed by atoms with Gasteiger partial charge in [0.2, 0.25) is 0 Å². The van der Waals surface area contributed by atoms with Gasteiger partial charge in [0.15, 0.2) is 0 Å². The van der Waals surface area contributed by atoms with E-state index in [1.165, 1.54) is 5.56 Å². The number of piperidine rings is 1. The molecule has 7 heteroatoms. The highest BCUT2D eigenvalue weighted by molar-refractivity contribution is 6.62. The van der Waals surface area contributed by atoms with E-state index < -0.39 is 24.2 Å². The van der Waals surface area contributed by atoms with Gasteiger partial charge in [0.25, 0.3) is 5.91 Å². The zero-order valence-corrected chi connectivity index (χ0v) is 20.6. The van der Waals surface area contributed by atoms with Crippen LogP contribution in [0.25, 0.3) is 0 Å². The first kappa shape index (κ1) is 23.4. The number of ether oxygens (including phenoxy) is 1. The van der Waals surface area contributed by atoms with Crippen LogP contribution in [-0.2, 0) is 15.9 Å². The van der Waals surface area contributed by atoms with Crippen LogP contribution in [0.4, 0.5) is 0 Å². The van der Waals surface area contributed by atoms with Gasteiger partial charge in [-0.15, -0.1) is 0 Å². The van der Waals surface area contributed by atoms with Gasteiger partial charge in [0.05, 0.1) is 16.8 Å². The lowest BCUT2D eigenvalue weighted by atomic mass is 9.78. The van der Waals surface area contributed by atoms with Crippen molar-refractivity contribution in [3.05, 3.63) is 59.7 Å². The zero-order chi connectivity index (χ0) is 24.1. The standard InChI is InChI=1S/C27H35BN2O4/c1-26(2)27(3,4)34-28(33-26)21-12-13-23(22(14-21)25(29)31)32-24-19-10-11-20(24)17-30(16-19)15-18-8-6-5-7-9-18/h5-9,12-14,19-20,24H,10-11,15-17H2,1-4H3,(H2,29,31)/t19-,20+,24+. The topological polar surface area (TPSA) is 74.0 Å². The summed E-state index contributed by atoms with van der Waals surface area (Å²) in [6.45, 7) is 11.0. The maximum Gasteiger partial charge on any atom is 0.494 e. The van der Waals surface area contributed by atoms with E-state index in [0.29, 0.717) is 23.1 Å². The maximum absolute atomic E-state index is 12.4. The molecule has 1 saturated carbocycles. The Morgan fingerprint density at radius 3 is 2.24 bits per heavy atom. The van der Waals surface area contributed by atoms with Gasteiger partial charge in [0, 0.05) is 31.5 Å². The molecule has 6 nitrogen and oxygen atoms in total. The molecule has 1 amide bonds. The van der Waals surface area contributed by atoms with Gasteiger partial charge in [-0.1, -0.05) is 36.4 Å². The second kappa shape index (κ2) is 8.70. The average Bonchev–Trinajstić information content (AvgIpc) is 3.14. The molecule has 2 heterocycles. The zero-order valence-electron chi connectivity index (χ0n) is 20.6. The lowest BCUT2D eigenvalue weighted by molar-refractivity contribution is 0.00578. The number of hydrogen-bond acceptors (Lipinski definition) is 5. The normalized spacial score (nSPS) is 27.6. The summed E-state index contributed by atoms with van der Waals surface area (Å²) in [6.07, 6.45) is 2.41. The molecule has 180 valence electrons. The molecular formula is C27H35BN2O4. The Labute approximate surface area is 202 Å². The average molecular weight is 462 g/mol. The second-order valence-electron chi connectivity index (χ2n) is 11.1. The molecule has 34 heavy (non-hydrogen) atoms. The Morgan fingerprint density at radius 1 is 1.03 bits per heavy atom. The van der Waals surface area contributed by atoms with E-state index in [1.54, 1.807) is 6.07 Å². The van der Waals surface area contributed by atoms with Crippen molar-refractivity contribution in [2.75, 3.05) is 13.1 Å². The van der Waals surface area contributed by atoms with Crippen LogP contribution in [0, 0.1) is 11.8 Å². The van der Waals surface area contributed by atoms with Gasteiger partial charge in [-0.2, -0.15) is 0 Å². The Morgan fingerprint density at radius 2 is 1.65 bits per heavy atom. The summed E-state index contributed by atoms with van der Waals surface area (Å²) < 4.78 is 18.8. The summed E-state index contributed by atoms with van der Waals surface area (Å²) in [7, 11) is -0.547. The van der Waals surface area contributed by atoms with E-state index in [4.69, 9.17) is 19.8 Å². The van der Waals surface area contributed by atoms with Crippen molar-refractivity contribution in [1.29, 1.82) is 0 Å². The lowest BCUT2D eigenvalue weighted by Crippen LogP contribution is -2.47. The molecule has 1 aliphatic carbocycles. The monoisotopic (exact) mass is 462 g/mol. The predicted molar refractivity (Wildman–Crippen MR) is 133 cm³/mol. The van der Waals surface area contributed by atoms with Crippen LogP contribution in [0.5, 0.6) is 5.75 Å². The Bertz CT molecular complexity index is 1030. The van der Waals surface area contributed by atoms with Gasteiger partial charge in [0.1, 0.15) is 11.9 Å². The molecule has 2 aliphatic heterocycles. The number of nitrogens with two attached hydrogens (primary N) is 1. The molecule has 0 spiro atoms. The number of rotatable bonds is 6. The first-order valence-electron chi connectivity index (χ1n) is 12.4. The minimum atomic E-state index is -0.547. The number of hydrogen-bond donors (Lipinski definition) is 1. The van der Waals surface area contributed by atoms with E-state index in [-0.39, 0.29) is 6.10 Å². The van der Waals surface area contributed by atoms with E-state index in [1.807, 2.05) is 39.8 Å². The molecule has 0 unspecified atom stereocenters. The minimum absolute atomic E-state index is 0.104. The van der Waals surface area contributed by atoms with E-state index >= 15 is 0 Å². The largest absolute Gasteiger partial charge is 0.494 e. The van der Waals surface area contributed by atoms with Crippen molar-refractivity contribution in [2.24, 2.45) is 17.6 Å². The quantitative estimate of drug-likeness (QED) is 0.667. The fourth-order valence-electron chi connectivity index (χ4n) is 5.55. The third-order valence-corrected chi connectivity index (χ3v) is 8.13. The molecular weight excluding hydrogens is 427 g/mol. The molecule has 2 aromatic rings. The van der Waals surface area contributed by atoms with Crippen LogP contribution < -0.4 is 15.9 Å². The highest BCUT2D eigenvalue weighted by Gasteiger charge is 2.52. The summed E-state index contributed by atoms with van der Waals surface area (Å²) in [6, 6.07) is 16.2.